The van der Waals surface area contributed by atoms with E-state index in [0.717, 1.165) is 17.7 Å². The Kier molecular flexibility index (Phi) is 13.4. The lowest BCUT2D eigenvalue weighted by molar-refractivity contribution is -0.115. The fourth-order valence-electron chi connectivity index (χ4n) is 4.41. The van der Waals surface area contributed by atoms with Gasteiger partial charge in [0.05, 0.1) is 24.0 Å². The highest BCUT2D eigenvalue weighted by molar-refractivity contribution is 8.00. The van der Waals surface area contributed by atoms with Crippen molar-refractivity contribution in [3.05, 3.63) is 126 Å². The van der Waals surface area contributed by atoms with E-state index < -0.39 is 23.0 Å². The molecule has 0 saturated heterocycles. The van der Waals surface area contributed by atoms with Crippen molar-refractivity contribution in [2.75, 3.05) is 23.8 Å². The van der Waals surface area contributed by atoms with Crippen LogP contribution in [-0.2, 0) is 14.3 Å². The number of esters is 1. The Hall–Kier alpha value is -5.35. The molecule has 0 aromatic heterocycles. The van der Waals surface area contributed by atoms with Crippen molar-refractivity contribution in [2.24, 2.45) is 0 Å². The van der Waals surface area contributed by atoms with Crippen LogP contribution in [0.5, 0.6) is 5.75 Å². The average Bonchev–Trinajstić information content (AvgIpc) is 3.09. The van der Waals surface area contributed by atoms with Crippen LogP contribution in [0.2, 0.25) is 0 Å². The van der Waals surface area contributed by atoms with Gasteiger partial charge in [0.15, 0.2) is 0 Å². The fourth-order valence-corrected chi connectivity index (χ4v) is 5.34. The zero-order valence-electron chi connectivity index (χ0n) is 27.2. The molecule has 0 aliphatic rings. The van der Waals surface area contributed by atoms with Crippen LogP contribution in [0, 0.1) is 0 Å². The van der Waals surface area contributed by atoms with Crippen LogP contribution in [0.25, 0.3) is 6.08 Å². The van der Waals surface area contributed by atoms with Crippen molar-refractivity contribution < 1.29 is 28.7 Å². The van der Waals surface area contributed by atoms with E-state index in [1.165, 1.54) is 11.8 Å². The number of carbonyl (C=O) groups is 4. The molecule has 3 N–H and O–H groups in total. The Morgan fingerprint density at radius 1 is 0.792 bits per heavy atom. The van der Waals surface area contributed by atoms with Gasteiger partial charge in [0.2, 0.25) is 5.91 Å². The minimum absolute atomic E-state index is 0.0297. The molecule has 0 aliphatic carbocycles. The van der Waals surface area contributed by atoms with E-state index in [1.807, 2.05) is 32.0 Å². The lowest BCUT2D eigenvalue weighted by Gasteiger charge is -2.15. The van der Waals surface area contributed by atoms with E-state index in [2.05, 4.69) is 16.0 Å². The maximum atomic E-state index is 13.6. The number of nitrogens with one attached hydrogen (secondary N) is 3. The Morgan fingerprint density at radius 2 is 1.52 bits per heavy atom. The summed E-state index contributed by atoms with van der Waals surface area (Å²) in [7, 11) is 0. The standard InChI is InChI=1S/C38H39N3O6S/c1-4-6-23-47-38(45)28-19-21-30(22-20-28)39-35(42)26(3)48-32-17-12-16-31(25-32)40-37(44)33(41-36(43)27-13-8-7-9-14-27)24-29-15-10-11-18-34(29)46-5-2/h7-22,24-26H,4-6,23H2,1-3H3,(H,39,42)(H,40,44)(H,41,43)/b33-24+. The molecule has 0 fully saturated rings. The number of carbonyl (C=O) groups excluding carboxylic acids is 4. The second-order valence-corrected chi connectivity index (χ2v) is 12.1. The minimum atomic E-state index is -0.531. The molecule has 4 aromatic rings. The van der Waals surface area contributed by atoms with Gasteiger partial charge in [0.1, 0.15) is 11.4 Å². The van der Waals surface area contributed by atoms with Crippen molar-refractivity contribution in [3.63, 3.8) is 0 Å². The SMILES string of the molecule is CCCCOC(=O)c1ccc(NC(=O)C(C)Sc2cccc(NC(=O)/C(=C\c3ccccc3OCC)NC(=O)c3ccccc3)c2)cc1. The van der Waals surface area contributed by atoms with E-state index in [4.69, 9.17) is 9.47 Å². The summed E-state index contributed by atoms with van der Waals surface area (Å²) in [6.07, 6.45) is 3.32. The second kappa shape index (κ2) is 18.1. The van der Waals surface area contributed by atoms with E-state index >= 15 is 0 Å². The number of amides is 3. The molecule has 0 aliphatic heterocycles. The number of benzene rings is 4. The first-order valence-corrected chi connectivity index (χ1v) is 16.6. The molecule has 9 nitrogen and oxygen atoms in total. The predicted molar refractivity (Wildman–Crippen MR) is 190 cm³/mol. The van der Waals surface area contributed by atoms with Gasteiger partial charge in [-0.1, -0.05) is 55.8 Å². The monoisotopic (exact) mass is 665 g/mol. The van der Waals surface area contributed by atoms with Gasteiger partial charge in [0.25, 0.3) is 11.8 Å². The summed E-state index contributed by atoms with van der Waals surface area (Å²) in [5, 5.41) is 8.01. The van der Waals surface area contributed by atoms with E-state index in [1.54, 1.807) is 97.9 Å². The third kappa shape index (κ3) is 10.6. The largest absolute Gasteiger partial charge is 0.493 e. The van der Waals surface area contributed by atoms with Crippen LogP contribution in [0.1, 0.15) is 59.9 Å². The van der Waals surface area contributed by atoms with Gasteiger partial charge in [-0.3, -0.25) is 14.4 Å². The van der Waals surface area contributed by atoms with Gasteiger partial charge in [-0.15, -0.1) is 11.8 Å². The van der Waals surface area contributed by atoms with Gasteiger partial charge in [-0.05, 0) is 87.0 Å². The van der Waals surface area contributed by atoms with Gasteiger partial charge in [-0.25, -0.2) is 4.79 Å². The number of unbranched alkanes of at least 4 members (excludes halogenated alkanes) is 1. The molecule has 0 saturated carbocycles. The van der Waals surface area contributed by atoms with Gasteiger partial charge >= 0.3 is 5.97 Å². The number of ether oxygens (including phenoxy) is 2. The molecule has 0 bridgehead atoms. The van der Waals surface area contributed by atoms with Crippen molar-refractivity contribution in [3.8, 4) is 5.75 Å². The van der Waals surface area contributed by atoms with Crippen LogP contribution >= 0.6 is 11.8 Å². The molecule has 0 spiro atoms. The highest BCUT2D eigenvalue weighted by Gasteiger charge is 2.18. The van der Waals surface area contributed by atoms with E-state index in [-0.39, 0.29) is 11.6 Å². The summed E-state index contributed by atoms with van der Waals surface area (Å²) in [6, 6.07) is 29.5. The summed E-state index contributed by atoms with van der Waals surface area (Å²) in [5.41, 5.74) is 2.52. The summed E-state index contributed by atoms with van der Waals surface area (Å²) in [5.74, 6) is -1.01. The molecule has 4 rings (SSSR count). The first-order chi connectivity index (χ1) is 23.3. The predicted octanol–water partition coefficient (Wildman–Crippen LogP) is 7.57. The van der Waals surface area contributed by atoms with Gasteiger partial charge in [-0.2, -0.15) is 0 Å². The smallest absolute Gasteiger partial charge is 0.338 e. The van der Waals surface area contributed by atoms with Crippen molar-refractivity contribution in [1.82, 2.24) is 5.32 Å². The topological polar surface area (TPSA) is 123 Å². The maximum absolute atomic E-state index is 13.6. The van der Waals surface area contributed by atoms with Crippen LogP contribution in [0.3, 0.4) is 0 Å². The number of para-hydroxylation sites is 1. The average molecular weight is 666 g/mol. The van der Waals surface area contributed by atoms with Gasteiger partial charge in [0, 0.05) is 27.4 Å². The van der Waals surface area contributed by atoms with Crippen LogP contribution in [0.4, 0.5) is 11.4 Å². The maximum Gasteiger partial charge on any atom is 0.338 e. The molecular weight excluding hydrogens is 627 g/mol. The van der Waals surface area contributed by atoms with Crippen LogP contribution < -0.4 is 20.7 Å². The Morgan fingerprint density at radius 3 is 2.25 bits per heavy atom. The highest BCUT2D eigenvalue weighted by Crippen LogP contribution is 2.27. The number of hydrogen-bond donors (Lipinski definition) is 3. The van der Waals surface area contributed by atoms with Gasteiger partial charge < -0.3 is 25.4 Å². The Labute approximate surface area is 285 Å². The molecule has 248 valence electrons. The normalized spacial score (nSPS) is 11.6. The Balaban J connectivity index is 1.43. The molecule has 3 amide bonds. The van der Waals surface area contributed by atoms with E-state index in [9.17, 15) is 19.2 Å². The Bertz CT molecular complexity index is 1740. The summed E-state index contributed by atoms with van der Waals surface area (Å²) < 4.78 is 11.0. The number of thioether (sulfide) groups is 1. The second-order valence-electron chi connectivity index (χ2n) is 10.6. The van der Waals surface area contributed by atoms with Crippen LogP contribution in [0.15, 0.2) is 114 Å². The quantitative estimate of drug-likeness (QED) is 0.0518. The van der Waals surface area contributed by atoms with Crippen molar-refractivity contribution >= 4 is 52.9 Å². The van der Waals surface area contributed by atoms with Crippen molar-refractivity contribution in [2.45, 2.75) is 43.8 Å². The lowest BCUT2D eigenvalue weighted by Crippen LogP contribution is -2.30. The van der Waals surface area contributed by atoms with E-state index in [0.29, 0.717) is 47.0 Å². The zero-order chi connectivity index (χ0) is 34.3. The van der Waals surface area contributed by atoms with Crippen LogP contribution in [-0.4, -0.2) is 42.2 Å². The molecule has 1 atom stereocenters. The molecule has 0 radical (unpaired) electrons. The lowest BCUT2D eigenvalue weighted by atomic mass is 10.1. The summed E-state index contributed by atoms with van der Waals surface area (Å²) >= 11 is 1.32. The molecule has 0 heterocycles. The highest BCUT2D eigenvalue weighted by atomic mass is 32.2. The third-order valence-electron chi connectivity index (χ3n) is 6.94. The molecule has 4 aromatic carbocycles. The first-order valence-electron chi connectivity index (χ1n) is 15.7. The summed E-state index contributed by atoms with van der Waals surface area (Å²) in [4.78, 5) is 52.5. The fraction of sp³-hybridized carbons (Fsp3) is 0.211. The molecule has 48 heavy (non-hydrogen) atoms. The first kappa shape index (κ1) is 35.5. The minimum Gasteiger partial charge on any atom is -0.493 e. The zero-order valence-corrected chi connectivity index (χ0v) is 28.0. The number of rotatable bonds is 15. The molecule has 1 unspecified atom stereocenters. The molecule has 10 heteroatoms. The summed E-state index contributed by atoms with van der Waals surface area (Å²) in [6.45, 7) is 6.48. The number of anilines is 2. The molecular formula is C38H39N3O6S. The number of hydrogen-bond acceptors (Lipinski definition) is 7. The third-order valence-corrected chi connectivity index (χ3v) is 8.03. The van der Waals surface area contributed by atoms with Crippen molar-refractivity contribution in [1.29, 1.82) is 0 Å².